The number of alkyl halides is 3. The van der Waals surface area contributed by atoms with Gasteiger partial charge in [0.25, 0.3) is 5.91 Å². The molecule has 3 heterocycles. The van der Waals surface area contributed by atoms with Crippen molar-refractivity contribution in [1.29, 1.82) is 5.41 Å². The Bertz CT molecular complexity index is 1240. The maximum Gasteiger partial charge on any atom is 0.416 e. The molecule has 1 aromatic rings. The van der Waals surface area contributed by atoms with Gasteiger partial charge in [0.05, 0.1) is 35.4 Å². The number of aliphatic imine (C=N–C) groups is 1. The van der Waals surface area contributed by atoms with Gasteiger partial charge in [-0.25, -0.2) is 4.98 Å². The van der Waals surface area contributed by atoms with E-state index in [0.29, 0.717) is 24.2 Å². The zero-order chi connectivity index (χ0) is 26.5. The zero-order valence-electron chi connectivity index (χ0n) is 20.8. The molecule has 1 amide bonds. The van der Waals surface area contributed by atoms with Crippen LogP contribution in [-0.4, -0.2) is 52.0 Å². The fourth-order valence-electron chi connectivity index (χ4n) is 4.06. The van der Waals surface area contributed by atoms with Crippen LogP contribution in [-0.2, 0) is 11.2 Å². The van der Waals surface area contributed by atoms with Crippen molar-refractivity contribution in [1.82, 2.24) is 14.9 Å². The van der Waals surface area contributed by atoms with Crippen LogP contribution in [0.5, 0.6) is 0 Å². The first-order valence-corrected chi connectivity index (χ1v) is 11.6. The molecule has 0 spiro atoms. The van der Waals surface area contributed by atoms with Crippen molar-refractivity contribution < 1.29 is 18.0 Å². The Morgan fingerprint density at radius 1 is 1.28 bits per heavy atom. The summed E-state index contributed by atoms with van der Waals surface area (Å²) in [6.07, 6.45) is 9.58. The predicted octanol–water partition coefficient (Wildman–Crippen LogP) is 5.77. The maximum atomic E-state index is 13.7. The highest BCUT2D eigenvalue weighted by Crippen LogP contribution is 2.34. The van der Waals surface area contributed by atoms with Crippen molar-refractivity contribution in [3.8, 4) is 0 Å². The molecule has 2 aliphatic heterocycles. The van der Waals surface area contributed by atoms with Gasteiger partial charge in [-0.05, 0) is 44.9 Å². The molecule has 2 aliphatic rings. The molecule has 0 saturated carbocycles. The van der Waals surface area contributed by atoms with Gasteiger partial charge in [-0.15, -0.1) is 0 Å². The fourth-order valence-corrected chi connectivity index (χ4v) is 4.06. The molecule has 3 rings (SSSR count). The molecule has 0 fully saturated rings. The van der Waals surface area contributed by atoms with E-state index in [1.54, 1.807) is 6.92 Å². The molecule has 0 saturated heterocycles. The van der Waals surface area contributed by atoms with Crippen molar-refractivity contribution in [3.63, 3.8) is 0 Å². The van der Waals surface area contributed by atoms with E-state index in [1.165, 1.54) is 42.6 Å². The molecule has 6 nitrogen and oxygen atoms in total. The Labute approximate surface area is 208 Å². The van der Waals surface area contributed by atoms with Crippen LogP contribution in [0.25, 0.3) is 0 Å². The first-order valence-electron chi connectivity index (χ1n) is 11.6. The van der Waals surface area contributed by atoms with E-state index in [0.717, 1.165) is 22.9 Å². The normalized spacial score (nSPS) is 19.7. The van der Waals surface area contributed by atoms with Gasteiger partial charge in [-0.3, -0.25) is 9.79 Å². The Morgan fingerprint density at radius 2 is 2.03 bits per heavy atom. The summed E-state index contributed by atoms with van der Waals surface area (Å²) in [5, 5.41) is 8.76. The minimum atomic E-state index is -4.59. The van der Waals surface area contributed by atoms with Gasteiger partial charge < -0.3 is 15.3 Å². The number of carbonyl (C=O) groups is 1. The first kappa shape index (κ1) is 26.8. The number of nitrogens with one attached hydrogen (secondary N) is 2. The monoisotopic (exact) mass is 497 g/mol. The Kier molecular flexibility index (Phi) is 8.45. The van der Waals surface area contributed by atoms with Crippen LogP contribution in [0.3, 0.4) is 0 Å². The number of rotatable bonds is 7. The summed E-state index contributed by atoms with van der Waals surface area (Å²) < 4.78 is 41.0. The van der Waals surface area contributed by atoms with Crippen LogP contribution in [0.2, 0.25) is 0 Å². The molecule has 36 heavy (non-hydrogen) atoms. The SMILES string of the molecule is C\C=C/C=C(\C(C)=C\C(=N)[C@@H]1c2nc[nH]c2CCN1C(=O)C1=C(/C=C\C(C)=C/C)CN=C1)C(F)(F)F. The molecule has 0 unspecified atom stereocenters. The first-order chi connectivity index (χ1) is 17.1. The highest BCUT2D eigenvalue weighted by atomic mass is 19.4. The van der Waals surface area contributed by atoms with E-state index in [9.17, 15) is 18.0 Å². The lowest BCUT2D eigenvalue weighted by Gasteiger charge is -2.35. The number of H-pyrrole nitrogens is 1. The largest absolute Gasteiger partial charge is 0.416 e. The van der Waals surface area contributed by atoms with Crippen LogP contribution in [0.15, 0.2) is 81.7 Å². The minimum Gasteiger partial charge on any atom is -0.348 e. The molecule has 2 N–H and O–H groups in total. The number of aromatic nitrogens is 2. The molecule has 190 valence electrons. The molecule has 0 bridgehead atoms. The number of allylic oxidation sites excluding steroid dienone is 8. The Balaban J connectivity index is 2.01. The summed E-state index contributed by atoms with van der Waals surface area (Å²) in [4.78, 5) is 26.8. The molecule has 0 aliphatic carbocycles. The average Bonchev–Trinajstić information content (AvgIpc) is 3.50. The molecule has 1 atom stereocenters. The third-order valence-electron chi connectivity index (χ3n) is 6.10. The van der Waals surface area contributed by atoms with Crippen LogP contribution in [0.1, 0.15) is 45.1 Å². The highest BCUT2D eigenvalue weighted by molar-refractivity contribution is 6.16. The van der Waals surface area contributed by atoms with E-state index >= 15 is 0 Å². The molecule has 0 radical (unpaired) electrons. The van der Waals surface area contributed by atoms with E-state index in [1.807, 2.05) is 32.1 Å². The predicted molar refractivity (Wildman–Crippen MR) is 136 cm³/mol. The van der Waals surface area contributed by atoms with Gasteiger partial charge in [-0.2, -0.15) is 13.2 Å². The highest BCUT2D eigenvalue weighted by Gasteiger charge is 2.38. The second kappa shape index (κ2) is 11.3. The van der Waals surface area contributed by atoms with Gasteiger partial charge in [0.2, 0.25) is 0 Å². The number of carbonyl (C=O) groups excluding carboxylic acids is 1. The quantitative estimate of drug-likeness (QED) is 0.370. The summed E-state index contributed by atoms with van der Waals surface area (Å²) in [6.45, 7) is 7.46. The van der Waals surface area contributed by atoms with E-state index < -0.39 is 17.8 Å². The van der Waals surface area contributed by atoms with Crippen LogP contribution >= 0.6 is 0 Å². The second-order valence-corrected chi connectivity index (χ2v) is 8.58. The smallest absolute Gasteiger partial charge is 0.348 e. The lowest BCUT2D eigenvalue weighted by atomic mass is 9.94. The standard InChI is InChI=1S/C27H30F3N5O/c1-5-7-8-21(27(28,29)30)18(4)13-22(31)25-24-23(33-16-34-24)11-12-35(25)26(36)20-15-32-14-19(20)10-9-17(3)6-2/h5-10,13,15-16,25,31H,11-12,14H2,1-4H3,(H,33,34)/b7-5-,10-9-,17-6-,18-13+,21-8+,31-22?/t25-/m1/s1. The molecular weight excluding hydrogens is 467 g/mol. The third-order valence-corrected chi connectivity index (χ3v) is 6.10. The van der Waals surface area contributed by atoms with Crippen molar-refractivity contribution in [2.24, 2.45) is 4.99 Å². The number of fused-ring (bicyclic) bond motifs is 1. The van der Waals surface area contributed by atoms with E-state index in [2.05, 4.69) is 15.0 Å². The lowest BCUT2D eigenvalue weighted by Crippen LogP contribution is -2.44. The lowest BCUT2D eigenvalue weighted by molar-refractivity contribution is -0.128. The number of nitrogens with zero attached hydrogens (tertiary/aromatic N) is 3. The maximum absolute atomic E-state index is 13.7. The topological polar surface area (TPSA) is 85.2 Å². The number of hydrogen-bond acceptors (Lipinski definition) is 4. The summed E-state index contributed by atoms with van der Waals surface area (Å²) >= 11 is 0. The third kappa shape index (κ3) is 5.90. The summed E-state index contributed by atoms with van der Waals surface area (Å²) in [6, 6.07) is -0.928. The van der Waals surface area contributed by atoms with Crippen molar-refractivity contribution in [3.05, 3.63) is 88.1 Å². The van der Waals surface area contributed by atoms with Gasteiger partial charge in [0.15, 0.2) is 0 Å². The zero-order valence-corrected chi connectivity index (χ0v) is 20.8. The van der Waals surface area contributed by atoms with Crippen molar-refractivity contribution >= 4 is 17.8 Å². The number of aromatic amines is 1. The van der Waals surface area contributed by atoms with Crippen LogP contribution in [0, 0.1) is 5.41 Å². The summed E-state index contributed by atoms with van der Waals surface area (Å²) in [5.41, 5.74) is 2.31. The summed E-state index contributed by atoms with van der Waals surface area (Å²) in [5.74, 6) is -0.330. The number of amides is 1. The van der Waals surface area contributed by atoms with E-state index in [-0.39, 0.29) is 23.7 Å². The Morgan fingerprint density at radius 3 is 2.69 bits per heavy atom. The van der Waals surface area contributed by atoms with Gasteiger partial charge in [0, 0.05) is 24.9 Å². The molecule has 0 aromatic carbocycles. The Hall–Kier alpha value is -3.75. The summed E-state index contributed by atoms with van der Waals surface area (Å²) in [7, 11) is 0. The number of hydrogen-bond donors (Lipinski definition) is 2. The van der Waals surface area contributed by atoms with Gasteiger partial charge >= 0.3 is 6.18 Å². The van der Waals surface area contributed by atoms with Crippen LogP contribution < -0.4 is 0 Å². The average molecular weight is 498 g/mol. The fraction of sp³-hybridized carbons (Fsp3) is 0.333. The number of imidazole rings is 1. The molecular formula is C27H30F3N5O. The second-order valence-electron chi connectivity index (χ2n) is 8.58. The van der Waals surface area contributed by atoms with Gasteiger partial charge in [-0.1, -0.05) is 42.0 Å². The molecule has 1 aromatic heterocycles. The molecule has 9 heteroatoms. The minimum absolute atomic E-state index is 0.118. The van der Waals surface area contributed by atoms with Crippen LogP contribution in [0.4, 0.5) is 13.2 Å². The van der Waals surface area contributed by atoms with Gasteiger partial charge in [0.1, 0.15) is 6.04 Å². The van der Waals surface area contributed by atoms with Crippen molar-refractivity contribution in [2.75, 3.05) is 13.1 Å². The van der Waals surface area contributed by atoms with Crippen molar-refractivity contribution in [2.45, 2.75) is 46.3 Å². The number of halogens is 3. The van der Waals surface area contributed by atoms with E-state index in [4.69, 9.17) is 5.41 Å².